The van der Waals surface area contributed by atoms with Crippen LogP contribution in [0.1, 0.15) is 23.4 Å². The number of hydrogen-bond donors (Lipinski definition) is 2. The molecule has 0 amide bonds. The summed E-state index contributed by atoms with van der Waals surface area (Å²) in [6.07, 6.45) is 7.48. The third kappa shape index (κ3) is 1.82. The van der Waals surface area contributed by atoms with E-state index in [0.717, 1.165) is 49.4 Å². The van der Waals surface area contributed by atoms with Crippen molar-refractivity contribution in [2.75, 3.05) is 11.9 Å². The second kappa shape index (κ2) is 4.59. The van der Waals surface area contributed by atoms with Gasteiger partial charge in [0, 0.05) is 30.4 Å². The van der Waals surface area contributed by atoms with Gasteiger partial charge in [-0.2, -0.15) is 19.7 Å². The highest BCUT2D eigenvalue weighted by molar-refractivity contribution is 5.54. The van der Waals surface area contributed by atoms with Gasteiger partial charge in [-0.1, -0.05) is 0 Å². The molecule has 0 unspecified atom stereocenters. The lowest BCUT2D eigenvalue weighted by Gasteiger charge is -2.11. The molecule has 3 heterocycles. The maximum atomic E-state index is 4.57. The van der Waals surface area contributed by atoms with Gasteiger partial charge in [0.25, 0.3) is 5.78 Å². The number of nitrogens with zero attached hydrogens (tertiary/aromatic N) is 5. The van der Waals surface area contributed by atoms with Gasteiger partial charge in [0.15, 0.2) is 0 Å². The van der Waals surface area contributed by atoms with E-state index in [-0.39, 0.29) is 0 Å². The summed E-state index contributed by atoms with van der Waals surface area (Å²) in [5, 5.41) is 14.7. The molecule has 1 aliphatic rings. The number of fused-ring (bicyclic) bond motifs is 2. The van der Waals surface area contributed by atoms with E-state index < -0.39 is 0 Å². The number of aromatic amines is 1. The average molecular weight is 269 g/mol. The van der Waals surface area contributed by atoms with Crippen molar-refractivity contribution in [2.45, 2.75) is 25.7 Å². The Morgan fingerprint density at radius 2 is 2.35 bits per heavy atom. The molecule has 0 spiro atoms. The summed E-state index contributed by atoms with van der Waals surface area (Å²) in [5.41, 5.74) is 3.57. The Hall–Kier alpha value is -2.44. The van der Waals surface area contributed by atoms with Gasteiger partial charge in [-0.15, -0.1) is 0 Å². The highest BCUT2D eigenvalue weighted by Crippen LogP contribution is 2.27. The summed E-state index contributed by atoms with van der Waals surface area (Å²) in [6, 6.07) is 1.99. The Morgan fingerprint density at radius 3 is 3.25 bits per heavy atom. The van der Waals surface area contributed by atoms with Gasteiger partial charge in [-0.05, 0) is 25.3 Å². The molecule has 2 N–H and O–H groups in total. The van der Waals surface area contributed by atoms with Gasteiger partial charge in [-0.25, -0.2) is 4.98 Å². The van der Waals surface area contributed by atoms with Crippen LogP contribution in [0.15, 0.2) is 18.6 Å². The molecule has 0 radical (unpaired) electrons. The van der Waals surface area contributed by atoms with Crippen LogP contribution in [0.3, 0.4) is 0 Å². The van der Waals surface area contributed by atoms with Crippen LogP contribution in [0.4, 0.5) is 5.82 Å². The predicted octanol–water partition coefficient (Wildman–Crippen LogP) is 0.991. The number of H-pyrrole nitrogens is 1. The molecule has 0 aromatic carbocycles. The Morgan fingerprint density at radius 1 is 1.35 bits per heavy atom. The van der Waals surface area contributed by atoms with Crippen LogP contribution in [0.2, 0.25) is 0 Å². The fourth-order valence-electron chi connectivity index (χ4n) is 2.75. The SMILES string of the molecule is c1cc(CCNc2c3c(nc4ncnn24)CCC3)[nH]n1. The largest absolute Gasteiger partial charge is 0.369 e. The monoisotopic (exact) mass is 269 g/mol. The van der Waals surface area contributed by atoms with Gasteiger partial charge in [0.2, 0.25) is 0 Å². The molecule has 102 valence electrons. The van der Waals surface area contributed by atoms with Crippen LogP contribution in [-0.4, -0.2) is 36.3 Å². The van der Waals surface area contributed by atoms with Crippen LogP contribution < -0.4 is 5.32 Å². The van der Waals surface area contributed by atoms with Crippen molar-refractivity contribution in [1.82, 2.24) is 29.8 Å². The second-order valence-corrected chi connectivity index (χ2v) is 4.97. The van der Waals surface area contributed by atoms with Crippen LogP contribution in [-0.2, 0) is 19.3 Å². The molecule has 0 bridgehead atoms. The Balaban J connectivity index is 1.63. The molecule has 7 heteroatoms. The van der Waals surface area contributed by atoms with Crippen LogP contribution in [0.5, 0.6) is 0 Å². The standard InChI is InChI=1S/C13H15N7/c1-2-10-11(3-1)18-13-15-8-17-20(13)12(10)14-6-4-9-5-7-16-19-9/h5,7-8,14H,1-4,6H2,(H,16,19). The second-order valence-electron chi connectivity index (χ2n) is 4.97. The third-order valence-corrected chi connectivity index (χ3v) is 3.70. The van der Waals surface area contributed by atoms with Crippen molar-refractivity contribution in [3.63, 3.8) is 0 Å². The van der Waals surface area contributed by atoms with Crippen LogP contribution >= 0.6 is 0 Å². The van der Waals surface area contributed by atoms with Gasteiger partial charge in [0.05, 0.1) is 5.69 Å². The van der Waals surface area contributed by atoms with Crippen molar-refractivity contribution in [3.8, 4) is 0 Å². The van der Waals surface area contributed by atoms with E-state index in [1.807, 2.05) is 6.07 Å². The molecule has 0 fully saturated rings. The molecule has 3 aromatic heterocycles. The summed E-state index contributed by atoms with van der Waals surface area (Å²) >= 11 is 0. The molecule has 7 nitrogen and oxygen atoms in total. The number of rotatable bonds is 4. The van der Waals surface area contributed by atoms with E-state index in [1.165, 1.54) is 5.56 Å². The summed E-state index contributed by atoms with van der Waals surface area (Å²) in [5.74, 6) is 1.72. The van der Waals surface area contributed by atoms with E-state index in [2.05, 4.69) is 30.6 Å². The van der Waals surface area contributed by atoms with Crippen molar-refractivity contribution in [1.29, 1.82) is 0 Å². The summed E-state index contributed by atoms with van der Waals surface area (Å²) in [7, 11) is 0. The first-order valence-electron chi connectivity index (χ1n) is 6.85. The molecule has 0 atom stereocenters. The molecule has 0 saturated carbocycles. The Labute approximate surface area is 115 Å². The lowest BCUT2D eigenvalue weighted by molar-refractivity contribution is 0.877. The molecule has 1 aliphatic carbocycles. The molecule has 3 aromatic rings. The fraction of sp³-hybridized carbons (Fsp3) is 0.385. The van der Waals surface area contributed by atoms with E-state index in [9.17, 15) is 0 Å². The highest BCUT2D eigenvalue weighted by Gasteiger charge is 2.20. The highest BCUT2D eigenvalue weighted by atomic mass is 15.4. The van der Waals surface area contributed by atoms with Crippen molar-refractivity contribution in [2.24, 2.45) is 0 Å². The number of anilines is 1. The van der Waals surface area contributed by atoms with Crippen LogP contribution in [0.25, 0.3) is 5.78 Å². The predicted molar refractivity (Wildman–Crippen MR) is 73.6 cm³/mol. The van der Waals surface area contributed by atoms with Crippen molar-refractivity contribution in [3.05, 3.63) is 35.5 Å². The first-order valence-corrected chi connectivity index (χ1v) is 6.85. The number of nitrogens with one attached hydrogen (secondary N) is 2. The molecule has 0 saturated heterocycles. The molecule has 4 rings (SSSR count). The average Bonchev–Trinajstić information content (AvgIpc) is 3.18. The topological polar surface area (TPSA) is 83.8 Å². The number of aryl methyl sites for hydroxylation is 1. The minimum absolute atomic E-state index is 0.676. The first-order chi connectivity index (χ1) is 9.92. The zero-order valence-corrected chi connectivity index (χ0v) is 11.0. The van der Waals surface area contributed by atoms with Crippen LogP contribution in [0, 0.1) is 0 Å². The van der Waals surface area contributed by atoms with Crippen molar-refractivity contribution >= 4 is 11.6 Å². The summed E-state index contributed by atoms with van der Waals surface area (Å²) in [6.45, 7) is 0.827. The lowest BCUT2D eigenvalue weighted by atomic mass is 10.2. The van der Waals surface area contributed by atoms with E-state index in [1.54, 1.807) is 17.0 Å². The molecule has 0 aliphatic heterocycles. The molecular formula is C13H15N7. The number of hydrogen-bond acceptors (Lipinski definition) is 5. The maximum Gasteiger partial charge on any atom is 0.254 e. The van der Waals surface area contributed by atoms with E-state index in [0.29, 0.717) is 5.78 Å². The summed E-state index contributed by atoms with van der Waals surface area (Å²) in [4.78, 5) is 8.77. The van der Waals surface area contributed by atoms with Gasteiger partial charge in [0.1, 0.15) is 12.1 Å². The normalized spacial score (nSPS) is 13.8. The van der Waals surface area contributed by atoms with Crippen molar-refractivity contribution < 1.29 is 0 Å². The molecule has 20 heavy (non-hydrogen) atoms. The minimum Gasteiger partial charge on any atom is -0.369 e. The Kier molecular flexibility index (Phi) is 2.61. The summed E-state index contributed by atoms with van der Waals surface area (Å²) < 4.78 is 1.80. The van der Waals surface area contributed by atoms with E-state index >= 15 is 0 Å². The quantitative estimate of drug-likeness (QED) is 0.738. The lowest BCUT2D eigenvalue weighted by Crippen LogP contribution is -2.13. The molecular weight excluding hydrogens is 254 g/mol. The van der Waals surface area contributed by atoms with Gasteiger partial charge >= 0.3 is 0 Å². The van der Waals surface area contributed by atoms with Gasteiger partial charge in [-0.3, -0.25) is 5.10 Å². The number of aromatic nitrogens is 6. The maximum absolute atomic E-state index is 4.57. The smallest absolute Gasteiger partial charge is 0.254 e. The zero-order chi connectivity index (χ0) is 13.4. The fourth-order valence-corrected chi connectivity index (χ4v) is 2.75. The van der Waals surface area contributed by atoms with Gasteiger partial charge < -0.3 is 5.32 Å². The third-order valence-electron chi connectivity index (χ3n) is 3.70. The zero-order valence-electron chi connectivity index (χ0n) is 11.0. The Bertz CT molecular complexity index is 729. The first kappa shape index (κ1) is 11.4. The minimum atomic E-state index is 0.676. The van der Waals surface area contributed by atoms with E-state index in [4.69, 9.17) is 0 Å².